The molecule has 1 heterocycles. The minimum Gasteiger partial charge on any atom is -0.448 e. The van der Waals surface area contributed by atoms with Crippen molar-refractivity contribution < 1.29 is 4.42 Å². The molecule has 0 radical (unpaired) electrons. The zero-order valence-electron chi connectivity index (χ0n) is 8.75. The molecule has 0 atom stereocenters. The molecule has 0 saturated heterocycles. The Kier molecular flexibility index (Phi) is 3.19. The van der Waals surface area contributed by atoms with Crippen LogP contribution in [0.2, 0.25) is 0 Å². The van der Waals surface area contributed by atoms with Crippen LogP contribution in [0.15, 0.2) is 10.8 Å². The average Bonchev–Trinajstić information content (AvgIpc) is 2.68. The number of hydrogen-bond donors (Lipinski definition) is 1. The van der Waals surface area contributed by atoms with Gasteiger partial charge in [-0.2, -0.15) is 0 Å². The minimum absolute atomic E-state index is 0.620. The van der Waals surface area contributed by atoms with Crippen LogP contribution in [0.1, 0.15) is 49.5 Å². The van der Waals surface area contributed by atoms with Gasteiger partial charge in [-0.15, -0.1) is 0 Å². The van der Waals surface area contributed by atoms with Crippen molar-refractivity contribution >= 4 is 0 Å². The zero-order valence-corrected chi connectivity index (χ0v) is 8.75. The second-order valence-electron chi connectivity index (χ2n) is 4.03. The summed E-state index contributed by atoms with van der Waals surface area (Å²) in [5, 5.41) is 3.13. The Morgan fingerprint density at radius 1 is 1.43 bits per heavy atom. The third kappa shape index (κ3) is 1.98. The summed E-state index contributed by atoms with van der Waals surface area (Å²) in [4.78, 5) is 4.25. The number of nitrogens with zero attached hydrogens (tertiary/aromatic N) is 1. The van der Waals surface area contributed by atoms with E-state index in [0.29, 0.717) is 5.92 Å². The highest BCUT2D eigenvalue weighted by Gasteiger charge is 2.21. The Morgan fingerprint density at radius 2 is 2.21 bits per heavy atom. The van der Waals surface area contributed by atoms with Crippen LogP contribution in [-0.2, 0) is 6.54 Å². The highest BCUT2D eigenvalue weighted by atomic mass is 16.3. The molecular formula is C11H18N2O. The summed E-state index contributed by atoms with van der Waals surface area (Å²) in [6.45, 7) is 0.822. The van der Waals surface area contributed by atoms with Crippen molar-refractivity contribution in [2.24, 2.45) is 0 Å². The lowest BCUT2D eigenvalue weighted by Crippen LogP contribution is -2.11. The van der Waals surface area contributed by atoms with E-state index in [1.165, 1.54) is 32.1 Å². The minimum atomic E-state index is 0.620. The fourth-order valence-electron chi connectivity index (χ4n) is 2.28. The molecule has 1 fully saturated rings. The van der Waals surface area contributed by atoms with Gasteiger partial charge in [0.1, 0.15) is 5.76 Å². The van der Waals surface area contributed by atoms with Gasteiger partial charge in [0.15, 0.2) is 6.39 Å². The van der Waals surface area contributed by atoms with E-state index in [2.05, 4.69) is 10.3 Å². The lowest BCUT2D eigenvalue weighted by Gasteiger charge is -2.19. The monoisotopic (exact) mass is 194 g/mol. The molecule has 1 aromatic heterocycles. The summed E-state index contributed by atoms with van der Waals surface area (Å²) in [5.74, 6) is 1.74. The van der Waals surface area contributed by atoms with Crippen LogP contribution in [0, 0.1) is 0 Å². The summed E-state index contributed by atoms with van der Waals surface area (Å²) in [7, 11) is 1.94. The van der Waals surface area contributed by atoms with Gasteiger partial charge in [-0.1, -0.05) is 19.3 Å². The van der Waals surface area contributed by atoms with Crippen LogP contribution in [-0.4, -0.2) is 12.0 Å². The van der Waals surface area contributed by atoms with E-state index in [0.717, 1.165) is 18.0 Å². The lowest BCUT2D eigenvalue weighted by molar-refractivity contribution is 0.370. The first-order valence-corrected chi connectivity index (χ1v) is 5.48. The van der Waals surface area contributed by atoms with E-state index in [4.69, 9.17) is 4.42 Å². The quantitative estimate of drug-likeness (QED) is 0.803. The van der Waals surface area contributed by atoms with E-state index in [9.17, 15) is 0 Å². The summed E-state index contributed by atoms with van der Waals surface area (Å²) >= 11 is 0. The van der Waals surface area contributed by atoms with Gasteiger partial charge >= 0.3 is 0 Å². The highest BCUT2D eigenvalue weighted by Crippen LogP contribution is 2.33. The predicted octanol–water partition coefficient (Wildman–Crippen LogP) is 2.44. The second-order valence-corrected chi connectivity index (χ2v) is 4.03. The fourth-order valence-corrected chi connectivity index (χ4v) is 2.28. The Bertz CT molecular complexity index is 277. The SMILES string of the molecule is CNCc1ncoc1C1CCCCC1. The number of rotatable bonds is 3. The van der Waals surface area contributed by atoms with Crippen molar-refractivity contribution in [3.63, 3.8) is 0 Å². The largest absolute Gasteiger partial charge is 0.448 e. The van der Waals surface area contributed by atoms with Crippen molar-refractivity contribution in [2.45, 2.75) is 44.6 Å². The topological polar surface area (TPSA) is 38.1 Å². The molecule has 2 rings (SSSR count). The second kappa shape index (κ2) is 4.60. The van der Waals surface area contributed by atoms with E-state index < -0.39 is 0 Å². The van der Waals surface area contributed by atoms with E-state index in [1.807, 2.05) is 7.05 Å². The molecule has 0 aromatic carbocycles. The molecule has 0 unspecified atom stereocenters. The molecule has 0 spiro atoms. The maximum Gasteiger partial charge on any atom is 0.181 e. The number of oxazole rings is 1. The molecule has 1 aliphatic carbocycles. The van der Waals surface area contributed by atoms with Crippen molar-refractivity contribution in [1.82, 2.24) is 10.3 Å². The lowest BCUT2D eigenvalue weighted by atomic mass is 9.87. The van der Waals surface area contributed by atoms with Crippen LogP contribution >= 0.6 is 0 Å². The zero-order chi connectivity index (χ0) is 9.80. The Balaban J connectivity index is 2.09. The molecule has 1 saturated carbocycles. The van der Waals surface area contributed by atoms with Crippen LogP contribution in [0.4, 0.5) is 0 Å². The molecule has 0 aliphatic heterocycles. The number of aromatic nitrogens is 1. The predicted molar refractivity (Wildman–Crippen MR) is 55.1 cm³/mol. The standard InChI is InChI=1S/C11H18N2O/c1-12-7-10-11(14-8-13-10)9-5-3-2-4-6-9/h8-9,12H,2-7H2,1H3. The molecule has 3 nitrogen and oxygen atoms in total. The Hall–Kier alpha value is -0.830. The normalized spacial score (nSPS) is 18.6. The third-order valence-corrected chi connectivity index (χ3v) is 2.99. The Morgan fingerprint density at radius 3 is 2.93 bits per heavy atom. The first-order chi connectivity index (χ1) is 6.92. The molecule has 1 N–H and O–H groups in total. The Labute approximate surface area is 84.9 Å². The summed E-state index contributed by atoms with van der Waals surface area (Å²) in [6, 6.07) is 0. The summed E-state index contributed by atoms with van der Waals surface area (Å²) in [6.07, 6.45) is 8.18. The fraction of sp³-hybridized carbons (Fsp3) is 0.727. The van der Waals surface area contributed by atoms with Crippen molar-refractivity contribution in [1.29, 1.82) is 0 Å². The van der Waals surface area contributed by atoms with Crippen molar-refractivity contribution in [2.75, 3.05) is 7.05 Å². The van der Waals surface area contributed by atoms with Gasteiger partial charge in [-0.05, 0) is 19.9 Å². The van der Waals surface area contributed by atoms with Gasteiger partial charge in [-0.3, -0.25) is 0 Å². The molecule has 14 heavy (non-hydrogen) atoms. The van der Waals surface area contributed by atoms with Gasteiger partial charge in [0, 0.05) is 12.5 Å². The van der Waals surface area contributed by atoms with Gasteiger partial charge in [0.05, 0.1) is 5.69 Å². The van der Waals surface area contributed by atoms with Crippen LogP contribution < -0.4 is 5.32 Å². The third-order valence-electron chi connectivity index (χ3n) is 2.99. The molecule has 0 amide bonds. The summed E-state index contributed by atoms with van der Waals surface area (Å²) < 4.78 is 5.51. The molecular weight excluding hydrogens is 176 g/mol. The molecule has 3 heteroatoms. The van der Waals surface area contributed by atoms with Gasteiger partial charge in [-0.25, -0.2) is 4.98 Å². The maximum atomic E-state index is 5.51. The smallest absolute Gasteiger partial charge is 0.181 e. The summed E-state index contributed by atoms with van der Waals surface area (Å²) in [5.41, 5.74) is 1.10. The van der Waals surface area contributed by atoms with E-state index in [1.54, 1.807) is 6.39 Å². The first kappa shape index (κ1) is 9.71. The van der Waals surface area contributed by atoms with Gasteiger partial charge in [0.2, 0.25) is 0 Å². The molecule has 78 valence electrons. The van der Waals surface area contributed by atoms with E-state index in [-0.39, 0.29) is 0 Å². The van der Waals surface area contributed by atoms with Crippen molar-refractivity contribution in [3.8, 4) is 0 Å². The van der Waals surface area contributed by atoms with Crippen molar-refractivity contribution in [3.05, 3.63) is 17.8 Å². The van der Waals surface area contributed by atoms with Crippen LogP contribution in [0.3, 0.4) is 0 Å². The van der Waals surface area contributed by atoms with Gasteiger partial charge < -0.3 is 9.73 Å². The molecule has 1 aromatic rings. The molecule has 0 bridgehead atoms. The number of hydrogen-bond acceptors (Lipinski definition) is 3. The van der Waals surface area contributed by atoms with Crippen LogP contribution in [0.25, 0.3) is 0 Å². The molecule has 1 aliphatic rings. The maximum absolute atomic E-state index is 5.51. The number of nitrogens with one attached hydrogen (secondary N) is 1. The highest BCUT2D eigenvalue weighted by molar-refractivity contribution is 5.13. The average molecular weight is 194 g/mol. The van der Waals surface area contributed by atoms with E-state index >= 15 is 0 Å². The van der Waals surface area contributed by atoms with Gasteiger partial charge in [0.25, 0.3) is 0 Å². The first-order valence-electron chi connectivity index (χ1n) is 5.48. The van der Waals surface area contributed by atoms with Crippen LogP contribution in [0.5, 0.6) is 0 Å².